The van der Waals surface area contributed by atoms with Gasteiger partial charge < -0.3 is 28.4 Å². The molecule has 0 saturated heterocycles. The van der Waals surface area contributed by atoms with Crippen LogP contribution in [0, 0.1) is 50.2 Å². The topological polar surface area (TPSA) is 127 Å². The van der Waals surface area contributed by atoms with Crippen LogP contribution in [0.4, 0.5) is 0 Å². The fourth-order valence-electron chi connectivity index (χ4n) is 8.17. The Labute approximate surface area is 318 Å². The number of rotatable bonds is 9. The molecule has 0 radical (unpaired) electrons. The summed E-state index contributed by atoms with van der Waals surface area (Å²) in [5.41, 5.74) is -1.17. The molecule has 0 amide bonds. The standard InChI is InChI=1S/C45H51N3O6/c1-40(2,3)43(16-10-13-19-46)49-34-22-28-29(23-35(34)50-43)31-25-37-39(54-45(52-37,42(7,8)9)18-12-15-21-48)27-33(31)32-26-38-36(24-30(28)32)51-44(53-38,41(4,5)6)17-11-14-20-47/h22-27H,10-18H2,1-9H3. The van der Waals surface area contributed by atoms with Crippen molar-refractivity contribution in [2.75, 3.05) is 0 Å². The first-order valence-electron chi connectivity index (χ1n) is 19.2. The molecule has 0 N–H and O–H groups in total. The summed E-state index contributed by atoms with van der Waals surface area (Å²) in [5, 5.41) is 33.7. The molecule has 0 saturated carbocycles. The summed E-state index contributed by atoms with van der Waals surface area (Å²) < 4.78 is 40.8. The zero-order valence-electron chi connectivity index (χ0n) is 33.1. The molecule has 0 aliphatic carbocycles. The lowest BCUT2D eigenvalue weighted by molar-refractivity contribution is -0.164. The van der Waals surface area contributed by atoms with Crippen LogP contribution in [0.1, 0.15) is 120 Å². The fourth-order valence-corrected chi connectivity index (χ4v) is 8.17. The van der Waals surface area contributed by atoms with Crippen molar-refractivity contribution in [3.05, 3.63) is 36.4 Å². The lowest BCUT2D eigenvalue weighted by atomic mass is 9.82. The van der Waals surface area contributed by atoms with E-state index in [2.05, 4.69) is 117 Å². The Balaban J connectivity index is 1.46. The summed E-state index contributed by atoms with van der Waals surface area (Å²) in [6, 6.07) is 19.2. The second-order valence-electron chi connectivity index (χ2n) is 18.2. The first kappa shape index (κ1) is 37.3. The van der Waals surface area contributed by atoms with Gasteiger partial charge in [-0.25, -0.2) is 0 Å². The minimum atomic E-state index is -0.947. The molecule has 3 aliphatic heterocycles. The first-order valence-corrected chi connectivity index (χ1v) is 19.2. The van der Waals surface area contributed by atoms with Crippen LogP contribution in [0.3, 0.4) is 0 Å². The van der Waals surface area contributed by atoms with Crippen molar-refractivity contribution in [3.63, 3.8) is 0 Å². The quantitative estimate of drug-likeness (QED) is 0.122. The highest BCUT2D eigenvalue weighted by Gasteiger charge is 2.54. The molecule has 0 bridgehead atoms. The van der Waals surface area contributed by atoms with Gasteiger partial charge in [0.05, 0.1) is 18.2 Å². The van der Waals surface area contributed by atoms with Crippen molar-refractivity contribution in [3.8, 4) is 52.7 Å². The average molecular weight is 730 g/mol. The van der Waals surface area contributed by atoms with Crippen LogP contribution in [-0.2, 0) is 0 Å². The van der Waals surface area contributed by atoms with Gasteiger partial charge >= 0.3 is 0 Å². The van der Waals surface area contributed by atoms with Crippen molar-refractivity contribution in [2.24, 2.45) is 16.2 Å². The lowest BCUT2D eigenvalue weighted by Gasteiger charge is -2.39. The Morgan fingerprint density at radius 2 is 0.574 bits per heavy atom. The van der Waals surface area contributed by atoms with Gasteiger partial charge in [0.2, 0.25) is 0 Å². The molecule has 0 atom stereocenters. The van der Waals surface area contributed by atoms with Gasteiger partial charge in [0.15, 0.2) is 34.5 Å². The van der Waals surface area contributed by atoms with E-state index in [4.69, 9.17) is 28.4 Å². The lowest BCUT2D eigenvalue weighted by Crippen LogP contribution is -2.50. The molecule has 0 spiro atoms. The molecule has 9 nitrogen and oxygen atoms in total. The van der Waals surface area contributed by atoms with Crippen LogP contribution in [0.5, 0.6) is 34.5 Å². The second kappa shape index (κ2) is 12.8. The molecule has 4 aromatic rings. The number of unbranched alkanes of at least 4 members (excludes halogenated alkanes) is 3. The van der Waals surface area contributed by atoms with Gasteiger partial charge in [0.1, 0.15) is 0 Å². The van der Waals surface area contributed by atoms with E-state index in [-0.39, 0.29) is 16.2 Å². The van der Waals surface area contributed by atoms with E-state index in [9.17, 15) is 15.8 Å². The van der Waals surface area contributed by atoms with Crippen LogP contribution in [0.25, 0.3) is 32.3 Å². The summed E-state index contributed by atoms with van der Waals surface area (Å²) in [5.74, 6) is 1.06. The maximum atomic E-state index is 9.33. The van der Waals surface area contributed by atoms with Crippen molar-refractivity contribution < 1.29 is 28.4 Å². The van der Waals surface area contributed by atoms with E-state index in [1.807, 2.05) is 0 Å². The largest absolute Gasteiger partial charge is 0.448 e. The highest BCUT2D eigenvalue weighted by molar-refractivity contribution is 6.27. The maximum absolute atomic E-state index is 9.33. The van der Waals surface area contributed by atoms with Gasteiger partial charge in [-0.3, -0.25) is 0 Å². The smallest absolute Gasteiger partial charge is 0.256 e. The van der Waals surface area contributed by atoms with Crippen LogP contribution in [0.2, 0.25) is 0 Å². The summed E-state index contributed by atoms with van der Waals surface area (Å²) in [4.78, 5) is 0. The van der Waals surface area contributed by atoms with E-state index in [1.165, 1.54) is 0 Å². The van der Waals surface area contributed by atoms with Crippen LogP contribution >= 0.6 is 0 Å². The van der Waals surface area contributed by atoms with E-state index in [0.717, 1.165) is 32.3 Å². The van der Waals surface area contributed by atoms with E-state index >= 15 is 0 Å². The zero-order valence-corrected chi connectivity index (χ0v) is 33.1. The summed E-state index contributed by atoms with van der Waals surface area (Å²) in [7, 11) is 0. The van der Waals surface area contributed by atoms with Crippen molar-refractivity contribution in [2.45, 2.75) is 137 Å². The normalized spacial score (nSPS) is 22.8. The van der Waals surface area contributed by atoms with Gasteiger partial charge in [-0.2, -0.15) is 15.8 Å². The fraction of sp³-hybridized carbons (Fsp3) is 0.533. The molecule has 0 unspecified atom stereocenters. The Kier molecular flexibility index (Phi) is 8.81. The Hall–Kier alpha value is -5.07. The van der Waals surface area contributed by atoms with Gasteiger partial charge in [-0.05, 0) is 88.0 Å². The molecular weight excluding hydrogens is 679 g/mol. The van der Waals surface area contributed by atoms with Gasteiger partial charge in [-0.15, -0.1) is 0 Å². The summed E-state index contributed by atoms with van der Waals surface area (Å²) >= 11 is 0. The van der Waals surface area contributed by atoms with Crippen molar-refractivity contribution in [1.29, 1.82) is 15.8 Å². The molecule has 4 aromatic carbocycles. The second-order valence-corrected chi connectivity index (χ2v) is 18.2. The third-order valence-electron chi connectivity index (χ3n) is 11.6. The molecule has 3 heterocycles. The number of ether oxygens (including phenoxy) is 6. The Morgan fingerprint density at radius 1 is 0.389 bits per heavy atom. The Morgan fingerprint density at radius 3 is 0.722 bits per heavy atom. The van der Waals surface area contributed by atoms with Gasteiger partial charge in [-0.1, -0.05) is 62.3 Å². The number of hydrogen-bond donors (Lipinski definition) is 0. The first-order chi connectivity index (χ1) is 25.4. The number of nitriles is 3. The predicted octanol–water partition coefficient (Wildman–Crippen LogP) is 11.8. The van der Waals surface area contributed by atoms with Crippen molar-refractivity contribution in [1.82, 2.24) is 0 Å². The molecular formula is C45H51N3O6. The van der Waals surface area contributed by atoms with Crippen LogP contribution in [0.15, 0.2) is 36.4 Å². The minimum Gasteiger partial charge on any atom is -0.448 e. The third kappa shape index (κ3) is 5.86. The maximum Gasteiger partial charge on any atom is 0.256 e. The summed E-state index contributed by atoms with van der Waals surface area (Å²) in [6.07, 6.45) is 4.88. The molecule has 3 aliphatic rings. The van der Waals surface area contributed by atoms with Crippen molar-refractivity contribution >= 4 is 32.3 Å². The number of nitrogens with zero attached hydrogens (tertiary/aromatic N) is 3. The molecule has 282 valence electrons. The highest BCUT2D eigenvalue weighted by Crippen LogP contribution is 2.57. The van der Waals surface area contributed by atoms with E-state index in [1.54, 1.807) is 0 Å². The average Bonchev–Trinajstić information content (AvgIpc) is 3.77. The Bertz CT molecular complexity index is 1900. The summed E-state index contributed by atoms with van der Waals surface area (Å²) in [6.45, 7) is 18.9. The SMILES string of the molecule is CC(C)(C)C1(CCCC#N)Oc2cc3c4cc5c(cc4c4cc6c(cc4c3cc2O1)OC(CCCC#N)(C(C)(C)C)O6)OC(CCCC#N)(C(C)(C)C)O5. The minimum absolute atomic E-state index is 0.389. The number of fused-ring (bicyclic) bond motifs is 9. The highest BCUT2D eigenvalue weighted by atomic mass is 16.7. The van der Waals surface area contributed by atoms with Crippen LogP contribution < -0.4 is 28.4 Å². The molecule has 54 heavy (non-hydrogen) atoms. The van der Waals surface area contributed by atoms with Crippen LogP contribution in [-0.4, -0.2) is 17.4 Å². The number of hydrogen-bond acceptors (Lipinski definition) is 9. The molecule has 0 fully saturated rings. The number of benzene rings is 4. The zero-order chi connectivity index (χ0) is 38.9. The molecule has 0 aromatic heterocycles. The monoisotopic (exact) mass is 729 g/mol. The predicted molar refractivity (Wildman–Crippen MR) is 208 cm³/mol. The third-order valence-corrected chi connectivity index (χ3v) is 11.6. The van der Waals surface area contributed by atoms with E-state index < -0.39 is 17.4 Å². The molecule has 7 rings (SSSR count). The van der Waals surface area contributed by atoms with Gasteiger partial charge in [0.25, 0.3) is 17.4 Å². The van der Waals surface area contributed by atoms with Gasteiger partial charge in [0, 0.05) is 54.8 Å². The van der Waals surface area contributed by atoms with E-state index in [0.29, 0.717) is 92.3 Å². The molecule has 9 heteroatoms.